The van der Waals surface area contributed by atoms with Gasteiger partial charge >= 0.3 is 29.8 Å². The van der Waals surface area contributed by atoms with Crippen molar-refractivity contribution in [1.29, 1.82) is 0 Å². The van der Waals surface area contributed by atoms with E-state index in [1.54, 1.807) is 74.8 Å². The number of rotatable bonds is 49. The first-order chi connectivity index (χ1) is 64.5. The number of hydrogen-bond acceptors (Lipinski definition) is 30. The minimum absolute atomic E-state index is 0.00509. The number of ketones is 1. The maximum Gasteiger partial charge on any atom is 0.323 e. The number of pyridine rings is 1. The first kappa shape index (κ1) is 108. The van der Waals surface area contributed by atoms with E-state index < -0.39 is 235 Å². The fourth-order valence-corrected chi connectivity index (χ4v) is 21.0. The van der Waals surface area contributed by atoms with Crippen LogP contribution in [0.4, 0.5) is 17.6 Å². The van der Waals surface area contributed by atoms with Crippen LogP contribution in [-0.2, 0) is 108 Å². The number of sulfonamides is 2. The van der Waals surface area contributed by atoms with Gasteiger partial charge in [0.25, 0.3) is 26.1 Å². The summed E-state index contributed by atoms with van der Waals surface area (Å²) in [4.78, 5) is 196. The fourth-order valence-electron chi connectivity index (χ4n) is 16.3. The number of aromatic amines is 2. The molecule has 5 heterocycles. The predicted octanol–water partition coefficient (Wildman–Crippen LogP) is -0.750. The molecule has 1 saturated heterocycles. The summed E-state index contributed by atoms with van der Waals surface area (Å²) in [6, 6.07) is 3.69. The van der Waals surface area contributed by atoms with Crippen LogP contribution < -0.4 is 67.6 Å². The molecular weight excluding hydrogens is 1880 g/mol. The van der Waals surface area contributed by atoms with Gasteiger partial charge in [0.15, 0.2) is 17.7 Å². The van der Waals surface area contributed by atoms with Crippen molar-refractivity contribution in [3.63, 3.8) is 0 Å². The van der Waals surface area contributed by atoms with E-state index >= 15 is 4.79 Å². The van der Waals surface area contributed by atoms with E-state index in [-0.39, 0.29) is 136 Å². The molecule has 2 unspecified atom stereocenters. The summed E-state index contributed by atoms with van der Waals surface area (Å²) < 4.78 is 133. The Hall–Kier alpha value is -12.8. The van der Waals surface area contributed by atoms with Crippen LogP contribution in [0.15, 0.2) is 106 Å². The Bertz CT molecular complexity index is 6070. The second-order valence-electron chi connectivity index (χ2n) is 33.6. The average molecular weight is 1990 g/mol. The highest BCUT2D eigenvalue weighted by Gasteiger charge is 2.39. The van der Waals surface area contributed by atoms with Crippen LogP contribution in [0.5, 0.6) is 0 Å². The van der Waals surface area contributed by atoms with Gasteiger partial charge in [-0.15, -0.1) is 0 Å². The van der Waals surface area contributed by atoms with Gasteiger partial charge in [-0.25, -0.2) is 26.8 Å². The van der Waals surface area contributed by atoms with Crippen molar-refractivity contribution in [2.45, 2.75) is 171 Å². The molecule has 0 saturated carbocycles. The van der Waals surface area contributed by atoms with Gasteiger partial charge < -0.3 is 92.8 Å². The number of carbonyl (C=O) groups excluding carboxylic acids is 7. The number of unbranched alkanes of at least 4 members (excludes halogenated alkanes) is 1. The van der Waals surface area contributed by atoms with E-state index in [4.69, 9.17) is 0 Å². The Labute approximate surface area is 788 Å². The van der Waals surface area contributed by atoms with Crippen molar-refractivity contribution in [1.82, 2.24) is 85.9 Å². The summed E-state index contributed by atoms with van der Waals surface area (Å²) in [6.07, 6.45) is 3.74. The Morgan fingerprint density at radius 1 is 0.540 bits per heavy atom. The van der Waals surface area contributed by atoms with E-state index in [1.165, 1.54) is 76.4 Å². The smallest absolute Gasteiger partial charge is 0.323 e. The summed E-state index contributed by atoms with van der Waals surface area (Å²) in [7, 11) is -19.4. The highest BCUT2D eigenvalue weighted by molar-refractivity contribution is 7.90. The number of nitrogens with one attached hydrogen (secondary N) is 13. The molecule has 7 aromatic rings. The van der Waals surface area contributed by atoms with E-state index in [2.05, 4.69) is 77.2 Å². The largest absolute Gasteiger partial charge is 0.480 e. The summed E-state index contributed by atoms with van der Waals surface area (Å²) in [5.74, 6) is -16.3. The Kier molecular flexibility index (Phi) is 38.4. The lowest BCUT2D eigenvalue weighted by Crippen LogP contribution is -2.55. The maximum atomic E-state index is 15.0. The number of carbonyl (C=O) groups is 12. The fraction of sp³-hybridized carbons (Fsp3) is 0.471. The number of fused-ring (bicyclic) bond motifs is 2. The number of aliphatic carboxylic acids is 5. The molecule has 0 spiro atoms. The van der Waals surface area contributed by atoms with Crippen LogP contribution >= 0.6 is 0 Å². The molecule has 0 bridgehead atoms. The molecule has 2 aliphatic heterocycles. The third kappa shape index (κ3) is 33.0. The highest BCUT2D eigenvalue weighted by atomic mass is 32.2. The molecule has 48 nitrogen and oxygen atoms in total. The Morgan fingerprint density at radius 2 is 1.06 bits per heavy atom. The Morgan fingerprint density at radius 3 is 1.59 bits per heavy atom. The molecular formula is C85H114N20O28S4. The number of H-pyrrole nitrogens is 2. The summed E-state index contributed by atoms with van der Waals surface area (Å²) in [5.41, 5.74) is 3.02. The molecule has 20 N–H and O–H groups in total. The van der Waals surface area contributed by atoms with Crippen LogP contribution in [0.3, 0.4) is 0 Å². The van der Waals surface area contributed by atoms with E-state index in [9.17, 15) is 126 Å². The van der Waals surface area contributed by atoms with Crippen LogP contribution in [-0.4, -0.2) is 318 Å². The van der Waals surface area contributed by atoms with Crippen molar-refractivity contribution in [3.8, 4) is 0 Å². The number of imidazole rings is 2. The number of amides is 6. The second-order valence-corrected chi connectivity index (χ2v) is 39.9. The lowest BCUT2D eigenvalue weighted by atomic mass is 9.92. The van der Waals surface area contributed by atoms with E-state index in [1.807, 2.05) is 0 Å². The number of nitrogens with zero attached hydrogens (tertiary/aromatic N) is 7. The molecule has 1 fully saturated rings. The number of carboxylic acid groups (broad SMARTS) is 5. The number of aryl methyl sites for hydroxylation is 7. The molecule has 746 valence electrons. The van der Waals surface area contributed by atoms with Gasteiger partial charge in [-0.2, -0.15) is 26.3 Å². The van der Waals surface area contributed by atoms with Gasteiger partial charge in [0.1, 0.15) is 41.5 Å². The van der Waals surface area contributed by atoms with Crippen molar-refractivity contribution in [3.05, 3.63) is 158 Å². The zero-order valence-corrected chi connectivity index (χ0v) is 79.0. The van der Waals surface area contributed by atoms with Crippen molar-refractivity contribution < 1.29 is 126 Å². The SMILES string of the molecule is Cc1cc(C)c(S(=O)(=O)N[C@@H](CNC(=O)c2cn(CCCNC(=O)[C@H](CS(=O)(=O)O)NC(=O)CC[C@H](NC(=O)CC3CCN(CC(=O)O)CCN(CC(=O)O)CCN(CC(=O)O)CN3)C(=O)N[C@H](CCCCN3c4cc(CNc5ncc[nH]5)ccc4C(=O)CC3C(=O)NC[C@H](NS(=O)(=O)c3c(C)cc(C)cc3C)C(=O)O)CS(=O)(=O)O)c3cc(CNc4ncc[nH]4)ccc3c2=O)C(=O)O)c(C)c1. The standard InChI is InChI=1S/C85H114N20O28S4/c1-49-30-51(3)76(52(4)31-49)136(130,131)99-63(82(120)121)40-91-78(116)61-42-104(66-34-55(12-14-60(66)75(61)115)38-93-84-87-19-20-88-84)23-9-18-86-79(117)65(47-135(127,128)129)98-70(107)16-15-62(97-71(108)36-57-17-25-101(43-72(109)110)26-27-102(44-73(111)112)28-29-103(48-95-57)45-74(113)114)80(118)96-58(46-134(124,125)126)10-7-8-24-105-67-35-56(39-94-85-89-21-22-90-85)11-13-59(67)69(106)37-68(105)81(119)92-41-64(83(122)123)100-137(132,133)77-53(5)32-50(2)33-54(77)6/h11-14,19-22,30-35,42,57-58,62-65,68,95,99-100H,7-10,15-18,23-29,36-41,43-48H2,1-6H3,(H,86,117)(H,91,116)(H,92,119)(H,96,118)(H,97,108)(H,98,107)(H,109,110)(H,111,112)(H,113,114)(H,120,121)(H,122,123)(H2,87,88,93)(H2,89,90,94)(H,124,125,126)(H,127,128,129)/t57?,58-,62+,63+,64+,65+,68?/m1/s1. The highest BCUT2D eigenvalue weighted by Crippen LogP contribution is 2.34. The number of hydrogen-bond donors (Lipinski definition) is 20. The average Bonchev–Trinajstić information content (AvgIpc) is 0.973. The molecule has 6 amide bonds. The normalized spacial score (nSPS) is 16.1. The van der Waals surface area contributed by atoms with Crippen LogP contribution in [0.25, 0.3) is 10.9 Å². The Balaban J connectivity index is 0.953. The molecule has 2 aliphatic rings. The second kappa shape index (κ2) is 48.8. The molecule has 52 heteroatoms. The molecule has 4 aromatic carbocycles. The van der Waals surface area contributed by atoms with Gasteiger partial charge in [-0.05, 0) is 138 Å². The summed E-state index contributed by atoms with van der Waals surface area (Å²) >= 11 is 0. The molecule has 9 rings (SSSR count). The third-order valence-electron chi connectivity index (χ3n) is 22.5. The molecule has 0 aliphatic carbocycles. The summed E-state index contributed by atoms with van der Waals surface area (Å²) in [6.45, 7) is 5.32. The van der Waals surface area contributed by atoms with Crippen molar-refractivity contribution in [2.24, 2.45) is 0 Å². The van der Waals surface area contributed by atoms with Gasteiger partial charge in [-0.3, -0.25) is 86.1 Å². The van der Waals surface area contributed by atoms with Crippen LogP contribution in [0, 0.1) is 41.5 Å². The molecule has 137 heavy (non-hydrogen) atoms. The number of carboxylic acids is 5. The maximum absolute atomic E-state index is 15.0. The number of benzene rings is 4. The van der Waals surface area contributed by atoms with E-state index in [0.717, 1.165) is 17.3 Å². The van der Waals surface area contributed by atoms with Crippen LogP contribution in [0.2, 0.25) is 0 Å². The van der Waals surface area contributed by atoms with Crippen molar-refractivity contribution in [2.75, 3.05) is 112 Å². The van der Waals surface area contributed by atoms with Crippen LogP contribution in [0.1, 0.15) is 123 Å². The monoisotopic (exact) mass is 1990 g/mol. The third-order valence-corrected chi connectivity index (χ3v) is 27.6. The van der Waals surface area contributed by atoms with E-state index in [0.29, 0.717) is 45.3 Å². The first-order valence-corrected chi connectivity index (χ1v) is 49.6. The first-order valence-electron chi connectivity index (χ1n) is 43.4. The number of anilines is 3. The zero-order valence-electron chi connectivity index (χ0n) is 75.8. The minimum Gasteiger partial charge on any atom is -0.480 e. The van der Waals surface area contributed by atoms with Gasteiger partial charge in [0, 0.05) is 164 Å². The molecule has 0 radical (unpaired) electrons. The summed E-state index contributed by atoms with van der Waals surface area (Å²) in [5, 5.41) is 73.7. The van der Waals surface area contributed by atoms with Gasteiger partial charge in [-0.1, -0.05) is 47.5 Å². The molecule has 3 aromatic heterocycles. The van der Waals surface area contributed by atoms with Gasteiger partial charge in [0.2, 0.25) is 55.0 Å². The predicted molar refractivity (Wildman–Crippen MR) is 494 cm³/mol. The number of aromatic nitrogens is 5. The molecule has 7 atom stereocenters. The lowest BCUT2D eigenvalue weighted by molar-refractivity contribution is -0.140. The van der Waals surface area contributed by atoms with Crippen molar-refractivity contribution >= 4 is 140 Å². The topological polar surface area (TPSA) is 708 Å². The number of Topliss-reactive ketones (excluding diaryl/α,β-unsaturated/α-hetero) is 1. The minimum atomic E-state index is -5.19. The zero-order chi connectivity index (χ0) is 101. The van der Waals surface area contributed by atoms with Gasteiger partial charge in [0.05, 0.1) is 40.7 Å². The quantitative estimate of drug-likeness (QED) is 0.0165. The lowest BCUT2D eigenvalue weighted by Gasteiger charge is -2.38.